The van der Waals surface area contributed by atoms with E-state index >= 15 is 0 Å². The van der Waals surface area contributed by atoms with Crippen LogP contribution in [0, 0.1) is 0 Å². The summed E-state index contributed by atoms with van der Waals surface area (Å²) < 4.78 is 5.84. The van der Waals surface area contributed by atoms with Crippen molar-refractivity contribution in [3.05, 3.63) is 59.7 Å². The van der Waals surface area contributed by atoms with E-state index in [2.05, 4.69) is 12.1 Å². The molecule has 0 saturated carbocycles. The van der Waals surface area contributed by atoms with Crippen molar-refractivity contribution >= 4 is 17.0 Å². The summed E-state index contributed by atoms with van der Waals surface area (Å²) in [6.07, 6.45) is 2.35. The van der Waals surface area contributed by atoms with Gasteiger partial charge in [0, 0.05) is 0 Å². The fourth-order valence-corrected chi connectivity index (χ4v) is 1.92. The normalized spacial score (nSPS) is 12.0. The molecule has 0 radical (unpaired) electrons. The molecular formula is C14H13BrO. The molecule has 0 amide bonds. The van der Waals surface area contributed by atoms with Crippen LogP contribution in [0.5, 0.6) is 11.5 Å². The lowest BCUT2D eigenvalue weighted by molar-refractivity contribution is 0.470. The fraction of sp³-hybridized carbons (Fsp3) is 0.143. The summed E-state index contributed by atoms with van der Waals surface area (Å²) in [4.78, 5) is 0. The first-order chi connectivity index (χ1) is 7.43. The first-order valence-corrected chi connectivity index (χ1v) is 5.27. The maximum atomic E-state index is 5.84. The third-order valence-electron chi connectivity index (χ3n) is 2.85. The molecule has 2 aromatic rings. The summed E-state index contributed by atoms with van der Waals surface area (Å²) in [5, 5.41) is 0. The topological polar surface area (TPSA) is 9.23 Å². The molecule has 0 heterocycles. The molecule has 1 nitrogen and oxygen atoms in total. The molecule has 3 rings (SSSR count). The number of fused-ring (bicyclic) bond motifs is 1. The summed E-state index contributed by atoms with van der Waals surface area (Å²) in [6.45, 7) is 0. The Balaban J connectivity index is 0.000000963. The molecule has 2 aromatic carbocycles. The van der Waals surface area contributed by atoms with Crippen molar-refractivity contribution < 1.29 is 4.74 Å². The van der Waals surface area contributed by atoms with Crippen LogP contribution in [0.4, 0.5) is 0 Å². The monoisotopic (exact) mass is 276 g/mol. The predicted octanol–water partition coefficient (Wildman–Crippen LogP) is 4.16. The second-order valence-electron chi connectivity index (χ2n) is 3.81. The van der Waals surface area contributed by atoms with Gasteiger partial charge in [0.05, 0.1) is 0 Å². The molecule has 1 aliphatic carbocycles. The highest BCUT2D eigenvalue weighted by Crippen LogP contribution is 2.34. The van der Waals surface area contributed by atoms with Crippen LogP contribution < -0.4 is 4.74 Å². The molecule has 0 fully saturated rings. The van der Waals surface area contributed by atoms with E-state index in [1.165, 1.54) is 17.5 Å². The Bertz CT molecular complexity index is 479. The van der Waals surface area contributed by atoms with Gasteiger partial charge in [-0.05, 0) is 42.2 Å². The van der Waals surface area contributed by atoms with E-state index in [1.807, 2.05) is 36.4 Å². The maximum absolute atomic E-state index is 5.84. The molecule has 82 valence electrons. The van der Waals surface area contributed by atoms with E-state index in [9.17, 15) is 0 Å². The molecule has 0 atom stereocenters. The lowest BCUT2D eigenvalue weighted by atomic mass is 9.88. The number of hydrogen-bond acceptors (Lipinski definition) is 1. The van der Waals surface area contributed by atoms with Crippen LogP contribution in [-0.2, 0) is 12.8 Å². The number of benzene rings is 2. The predicted molar refractivity (Wildman–Crippen MR) is 70.7 cm³/mol. The van der Waals surface area contributed by atoms with Crippen LogP contribution in [0.2, 0.25) is 0 Å². The molecule has 0 bridgehead atoms. The molecule has 2 heteroatoms. The van der Waals surface area contributed by atoms with Crippen molar-refractivity contribution in [3.8, 4) is 11.5 Å². The Morgan fingerprint density at radius 1 is 0.812 bits per heavy atom. The van der Waals surface area contributed by atoms with Gasteiger partial charge in [-0.25, -0.2) is 0 Å². The molecule has 1 aliphatic rings. The van der Waals surface area contributed by atoms with E-state index in [4.69, 9.17) is 4.74 Å². The Morgan fingerprint density at radius 3 is 2.31 bits per heavy atom. The van der Waals surface area contributed by atoms with Gasteiger partial charge in [0.2, 0.25) is 0 Å². The minimum atomic E-state index is 0. The molecule has 0 unspecified atom stereocenters. The minimum absolute atomic E-state index is 0. The first kappa shape index (κ1) is 11.2. The fourth-order valence-electron chi connectivity index (χ4n) is 1.92. The van der Waals surface area contributed by atoms with Gasteiger partial charge in [0.1, 0.15) is 11.5 Å². The number of para-hydroxylation sites is 1. The minimum Gasteiger partial charge on any atom is -0.457 e. The van der Waals surface area contributed by atoms with Crippen LogP contribution >= 0.6 is 17.0 Å². The van der Waals surface area contributed by atoms with Crippen molar-refractivity contribution in [2.24, 2.45) is 0 Å². The van der Waals surface area contributed by atoms with Crippen LogP contribution in [0.3, 0.4) is 0 Å². The second kappa shape index (κ2) is 4.71. The highest BCUT2D eigenvalue weighted by molar-refractivity contribution is 8.93. The zero-order valence-corrected chi connectivity index (χ0v) is 10.6. The van der Waals surface area contributed by atoms with E-state index in [0.29, 0.717) is 0 Å². The Morgan fingerprint density at radius 2 is 1.62 bits per heavy atom. The SMILES string of the molecule is Br.c1ccc(Oc2cccc3c2CC3)cc1. The van der Waals surface area contributed by atoms with E-state index < -0.39 is 0 Å². The van der Waals surface area contributed by atoms with Crippen molar-refractivity contribution in [1.82, 2.24) is 0 Å². The third-order valence-corrected chi connectivity index (χ3v) is 2.85. The smallest absolute Gasteiger partial charge is 0.130 e. The molecular weight excluding hydrogens is 264 g/mol. The lowest BCUT2D eigenvalue weighted by Gasteiger charge is -2.21. The van der Waals surface area contributed by atoms with Crippen molar-refractivity contribution in [2.75, 3.05) is 0 Å². The van der Waals surface area contributed by atoms with Crippen molar-refractivity contribution in [2.45, 2.75) is 12.8 Å². The zero-order valence-electron chi connectivity index (χ0n) is 8.85. The highest BCUT2D eigenvalue weighted by atomic mass is 79.9. The number of aryl methyl sites for hydroxylation is 1. The van der Waals surface area contributed by atoms with Gasteiger partial charge in [0.25, 0.3) is 0 Å². The van der Waals surface area contributed by atoms with Gasteiger partial charge < -0.3 is 4.74 Å². The number of hydrogen-bond donors (Lipinski definition) is 0. The van der Waals surface area contributed by atoms with Crippen molar-refractivity contribution in [1.29, 1.82) is 0 Å². The third kappa shape index (κ3) is 1.98. The maximum Gasteiger partial charge on any atom is 0.130 e. The molecule has 0 aliphatic heterocycles. The second-order valence-corrected chi connectivity index (χ2v) is 3.81. The van der Waals surface area contributed by atoms with Gasteiger partial charge >= 0.3 is 0 Å². The zero-order chi connectivity index (χ0) is 10.1. The quantitative estimate of drug-likeness (QED) is 0.801. The molecule has 0 aromatic heterocycles. The van der Waals surface area contributed by atoms with Gasteiger partial charge in [-0.1, -0.05) is 30.3 Å². The van der Waals surface area contributed by atoms with Gasteiger partial charge in [-0.2, -0.15) is 0 Å². The molecule has 0 N–H and O–H groups in total. The van der Waals surface area contributed by atoms with Crippen LogP contribution in [-0.4, -0.2) is 0 Å². The molecule has 16 heavy (non-hydrogen) atoms. The lowest BCUT2D eigenvalue weighted by Crippen LogP contribution is -2.09. The summed E-state index contributed by atoms with van der Waals surface area (Å²) in [7, 11) is 0. The average molecular weight is 277 g/mol. The largest absolute Gasteiger partial charge is 0.457 e. The van der Waals surface area contributed by atoms with Crippen LogP contribution in [0.1, 0.15) is 11.1 Å². The van der Waals surface area contributed by atoms with Gasteiger partial charge in [-0.3, -0.25) is 0 Å². The summed E-state index contributed by atoms with van der Waals surface area (Å²) in [5.41, 5.74) is 2.81. The number of rotatable bonds is 2. The molecule has 0 spiro atoms. The standard InChI is InChI=1S/C14H12O.BrH/c1-2-6-12(7-3-1)15-14-8-4-5-11-9-10-13(11)14;/h1-8H,9-10H2;1H. The number of ether oxygens (including phenoxy) is 1. The highest BCUT2D eigenvalue weighted by Gasteiger charge is 2.17. The van der Waals surface area contributed by atoms with Crippen LogP contribution in [0.25, 0.3) is 0 Å². The summed E-state index contributed by atoms with van der Waals surface area (Å²) in [5.74, 6) is 1.93. The van der Waals surface area contributed by atoms with Crippen molar-refractivity contribution in [3.63, 3.8) is 0 Å². The van der Waals surface area contributed by atoms with Gasteiger partial charge in [-0.15, -0.1) is 17.0 Å². The van der Waals surface area contributed by atoms with Crippen LogP contribution in [0.15, 0.2) is 48.5 Å². The Labute approximate surface area is 106 Å². The Hall–Kier alpha value is -1.28. The van der Waals surface area contributed by atoms with E-state index in [1.54, 1.807) is 0 Å². The summed E-state index contributed by atoms with van der Waals surface area (Å²) >= 11 is 0. The van der Waals surface area contributed by atoms with E-state index in [0.717, 1.165) is 17.9 Å². The van der Waals surface area contributed by atoms with E-state index in [-0.39, 0.29) is 17.0 Å². The average Bonchev–Trinajstić information content (AvgIpc) is 2.22. The summed E-state index contributed by atoms with van der Waals surface area (Å²) in [6, 6.07) is 16.2. The molecule has 0 saturated heterocycles. The first-order valence-electron chi connectivity index (χ1n) is 5.27. The van der Waals surface area contributed by atoms with Gasteiger partial charge in [0.15, 0.2) is 0 Å². The number of halogens is 1. The Kier molecular flexibility index (Phi) is 3.30.